The van der Waals surface area contributed by atoms with Gasteiger partial charge in [0.2, 0.25) is 0 Å². The molecule has 188 valence electrons. The van der Waals surface area contributed by atoms with Gasteiger partial charge < -0.3 is 24.9 Å². The standard InChI is InChI=1S/C26H29N5O5/c1-3-8-20-11-19(12-23(24(20)32)35-4-2)14-29-31-25(33)22(13-21-15-27-17-28-21)30-26(34)36-16-18-9-6-5-7-10-18/h3,5-7,9-12,14-15,17,22,32H,1,4,8,13,16H2,2H3,(H,27,28)(H,30,34)(H,31,33)/b29-14-/t22-/m0/s1. The number of phenolic OH excluding ortho intramolecular Hbond substituents is 1. The second kappa shape index (κ2) is 13.3. The van der Waals surface area contributed by atoms with Crippen LogP contribution in [-0.4, -0.2) is 45.9 Å². The van der Waals surface area contributed by atoms with Crippen molar-refractivity contribution in [1.82, 2.24) is 20.7 Å². The number of rotatable bonds is 12. The number of H-pyrrole nitrogens is 1. The number of benzene rings is 2. The summed E-state index contributed by atoms with van der Waals surface area (Å²) >= 11 is 0. The highest BCUT2D eigenvalue weighted by Gasteiger charge is 2.22. The highest BCUT2D eigenvalue weighted by atomic mass is 16.5. The number of phenols is 1. The van der Waals surface area contributed by atoms with Crippen molar-refractivity contribution in [3.8, 4) is 11.5 Å². The van der Waals surface area contributed by atoms with Gasteiger partial charge in [-0.25, -0.2) is 15.2 Å². The molecule has 0 bridgehead atoms. The summed E-state index contributed by atoms with van der Waals surface area (Å²) in [6.07, 6.45) is 5.98. The minimum absolute atomic E-state index is 0.0378. The van der Waals surface area contributed by atoms with Crippen molar-refractivity contribution in [1.29, 1.82) is 0 Å². The van der Waals surface area contributed by atoms with Crippen LogP contribution in [0.1, 0.15) is 29.3 Å². The minimum Gasteiger partial charge on any atom is -0.504 e. The number of allylic oxidation sites excluding steroid dienone is 1. The number of nitrogens with one attached hydrogen (secondary N) is 3. The quantitative estimate of drug-likeness (QED) is 0.174. The number of nitrogens with zero attached hydrogens (tertiary/aromatic N) is 2. The first-order valence-corrected chi connectivity index (χ1v) is 11.4. The van der Waals surface area contributed by atoms with Crippen molar-refractivity contribution >= 4 is 18.2 Å². The number of ether oxygens (including phenoxy) is 2. The molecular weight excluding hydrogens is 462 g/mol. The average Bonchev–Trinajstić information content (AvgIpc) is 3.39. The molecule has 1 heterocycles. The Kier molecular flexibility index (Phi) is 9.63. The third kappa shape index (κ3) is 7.73. The molecule has 1 atom stereocenters. The van der Waals surface area contributed by atoms with Crippen LogP contribution in [-0.2, 0) is 29.0 Å². The zero-order chi connectivity index (χ0) is 25.8. The molecule has 36 heavy (non-hydrogen) atoms. The molecule has 3 rings (SSSR count). The van der Waals surface area contributed by atoms with Gasteiger partial charge in [0.25, 0.3) is 5.91 Å². The van der Waals surface area contributed by atoms with E-state index in [2.05, 4.69) is 32.4 Å². The number of amides is 2. The Labute approximate surface area is 209 Å². The van der Waals surface area contributed by atoms with E-state index < -0.39 is 18.0 Å². The molecule has 0 spiro atoms. The molecule has 0 unspecified atom stereocenters. The topological polar surface area (TPSA) is 138 Å². The predicted molar refractivity (Wildman–Crippen MR) is 135 cm³/mol. The number of aromatic amines is 1. The van der Waals surface area contributed by atoms with Gasteiger partial charge in [0.15, 0.2) is 11.5 Å². The summed E-state index contributed by atoms with van der Waals surface area (Å²) in [7, 11) is 0. The van der Waals surface area contributed by atoms with Crippen LogP contribution in [0, 0.1) is 0 Å². The molecule has 0 fully saturated rings. The van der Waals surface area contributed by atoms with Crippen LogP contribution in [0.4, 0.5) is 4.79 Å². The fourth-order valence-electron chi connectivity index (χ4n) is 3.32. The third-order valence-corrected chi connectivity index (χ3v) is 5.03. The van der Waals surface area contributed by atoms with Crippen LogP contribution >= 0.6 is 0 Å². The number of aromatic nitrogens is 2. The molecule has 0 radical (unpaired) electrons. The normalized spacial score (nSPS) is 11.6. The van der Waals surface area contributed by atoms with E-state index >= 15 is 0 Å². The Hall–Kier alpha value is -4.60. The first-order valence-electron chi connectivity index (χ1n) is 11.4. The summed E-state index contributed by atoms with van der Waals surface area (Å²) in [6, 6.07) is 11.6. The summed E-state index contributed by atoms with van der Waals surface area (Å²) < 4.78 is 10.7. The molecule has 0 saturated carbocycles. The van der Waals surface area contributed by atoms with Gasteiger partial charge in [0.05, 0.1) is 19.1 Å². The lowest BCUT2D eigenvalue weighted by Gasteiger charge is -2.16. The van der Waals surface area contributed by atoms with Crippen molar-refractivity contribution in [3.05, 3.63) is 90.0 Å². The van der Waals surface area contributed by atoms with Gasteiger partial charge in [-0.2, -0.15) is 5.10 Å². The van der Waals surface area contributed by atoms with E-state index in [0.717, 1.165) is 5.56 Å². The molecule has 10 nitrogen and oxygen atoms in total. The SMILES string of the molecule is C=CCc1cc(/C=N\NC(=O)[C@H](Cc2cnc[nH]2)NC(=O)OCc2ccccc2)cc(OCC)c1O. The van der Waals surface area contributed by atoms with E-state index in [1.165, 1.54) is 12.5 Å². The lowest BCUT2D eigenvalue weighted by Crippen LogP contribution is -2.47. The van der Waals surface area contributed by atoms with E-state index in [-0.39, 0.29) is 18.8 Å². The molecular formula is C26H29N5O5. The summed E-state index contributed by atoms with van der Waals surface area (Å²) in [5.41, 5.74) is 5.13. The number of imidazole rings is 1. The molecule has 2 amide bonds. The molecule has 4 N–H and O–H groups in total. The molecule has 0 aliphatic heterocycles. The molecule has 2 aromatic carbocycles. The van der Waals surface area contributed by atoms with Gasteiger partial charge in [0, 0.05) is 23.9 Å². The number of aromatic hydroxyl groups is 1. The highest BCUT2D eigenvalue weighted by molar-refractivity contribution is 5.88. The van der Waals surface area contributed by atoms with Crippen LogP contribution in [0.15, 0.2) is 72.7 Å². The van der Waals surface area contributed by atoms with Gasteiger partial charge in [-0.15, -0.1) is 6.58 Å². The Bertz CT molecular complexity index is 1180. The number of carbonyl (C=O) groups excluding carboxylic acids is 2. The van der Waals surface area contributed by atoms with Crippen LogP contribution in [0.25, 0.3) is 0 Å². The first kappa shape index (κ1) is 26.0. The smallest absolute Gasteiger partial charge is 0.408 e. The van der Waals surface area contributed by atoms with Gasteiger partial charge in [0.1, 0.15) is 12.6 Å². The van der Waals surface area contributed by atoms with Gasteiger partial charge in [-0.05, 0) is 36.6 Å². The summed E-state index contributed by atoms with van der Waals surface area (Å²) in [5, 5.41) is 16.9. The fourth-order valence-corrected chi connectivity index (χ4v) is 3.32. The van der Waals surface area contributed by atoms with Crippen LogP contribution < -0.4 is 15.5 Å². The maximum Gasteiger partial charge on any atom is 0.408 e. The molecule has 0 aliphatic carbocycles. The van der Waals surface area contributed by atoms with Gasteiger partial charge in [-0.3, -0.25) is 4.79 Å². The molecule has 3 aromatic rings. The highest BCUT2D eigenvalue weighted by Crippen LogP contribution is 2.31. The van der Waals surface area contributed by atoms with Gasteiger partial charge in [-0.1, -0.05) is 36.4 Å². The number of hydrogen-bond acceptors (Lipinski definition) is 7. The van der Waals surface area contributed by atoms with E-state index in [1.807, 2.05) is 37.3 Å². The van der Waals surface area contributed by atoms with Crippen molar-refractivity contribution in [2.75, 3.05) is 6.61 Å². The van der Waals surface area contributed by atoms with Crippen molar-refractivity contribution in [3.63, 3.8) is 0 Å². The maximum absolute atomic E-state index is 12.9. The Morgan fingerprint density at radius 3 is 2.78 bits per heavy atom. The number of carbonyl (C=O) groups is 2. The summed E-state index contributed by atoms with van der Waals surface area (Å²) in [4.78, 5) is 32.1. The second-order valence-electron chi connectivity index (χ2n) is 7.73. The number of hydrazone groups is 1. The first-order chi connectivity index (χ1) is 17.5. The number of alkyl carbamates (subject to hydrolysis) is 1. The lowest BCUT2D eigenvalue weighted by atomic mass is 10.1. The Balaban J connectivity index is 1.67. The lowest BCUT2D eigenvalue weighted by molar-refractivity contribution is -0.123. The zero-order valence-electron chi connectivity index (χ0n) is 19.9. The van der Waals surface area contributed by atoms with Crippen molar-refractivity contribution in [2.45, 2.75) is 32.4 Å². The predicted octanol–water partition coefficient (Wildman–Crippen LogP) is 3.23. The van der Waals surface area contributed by atoms with Crippen LogP contribution in [0.2, 0.25) is 0 Å². The van der Waals surface area contributed by atoms with E-state index in [0.29, 0.717) is 35.6 Å². The van der Waals surface area contributed by atoms with E-state index in [1.54, 1.807) is 24.4 Å². The van der Waals surface area contributed by atoms with Crippen LogP contribution in [0.5, 0.6) is 11.5 Å². The van der Waals surface area contributed by atoms with Crippen molar-refractivity contribution < 1.29 is 24.2 Å². The zero-order valence-corrected chi connectivity index (χ0v) is 19.9. The monoisotopic (exact) mass is 491 g/mol. The van der Waals surface area contributed by atoms with Crippen LogP contribution in [0.3, 0.4) is 0 Å². The summed E-state index contributed by atoms with van der Waals surface area (Å²) in [5.74, 6) is -0.201. The second-order valence-corrected chi connectivity index (χ2v) is 7.73. The average molecular weight is 492 g/mol. The Morgan fingerprint density at radius 2 is 2.08 bits per heavy atom. The summed E-state index contributed by atoms with van der Waals surface area (Å²) in [6.45, 7) is 5.95. The fraction of sp³-hybridized carbons (Fsp3) is 0.231. The third-order valence-electron chi connectivity index (χ3n) is 5.03. The maximum atomic E-state index is 12.9. The Morgan fingerprint density at radius 1 is 1.28 bits per heavy atom. The van der Waals surface area contributed by atoms with E-state index in [9.17, 15) is 14.7 Å². The van der Waals surface area contributed by atoms with Crippen molar-refractivity contribution in [2.24, 2.45) is 5.10 Å². The van der Waals surface area contributed by atoms with Gasteiger partial charge >= 0.3 is 6.09 Å². The molecule has 0 saturated heterocycles. The number of hydrogen-bond donors (Lipinski definition) is 4. The largest absolute Gasteiger partial charge is 0.504 e. The minimum atomic E-state index is -0.971. The molecule has 10 heteroatoms. The molecule has 1 aromatic heterocycles. The van der Waals surface area contributed by atoms with E-state index in [4.69, 9.17) is 9.47 Å². The molecule has 0 aliphatic rings.